The first-order valence-electron chi connectivity index (χ1n) is 4.31. The van der Waals surface area contributed by atoms with Crippen molar-refractivity contribution in [1.82, 2.24) is 0 Å². The highest BCUT2D eigenvalue weighted by Gasteiger charge is 1.87. The van der Waals surface area contributed by atoms with Gasteiger partial charge in [-0.2, -0.15) is 5.11 Å². The van der Waals surface area contributed by atoms with E-state index in [0.717, 1.165) is 6.54 Å². The summed E-state index contributed by atoms with van der Waals surface area (Å²) >= 11 is 0. The Hall–Kier alpha value is -1.38. The first kappa shape index (κ1) is 9.71. The number of hydrogen-bond donors (Lipinski definition) is 0. The lowest BCUT2D eigenvalue weighted by Crippen LogP contribution is -1.78. The van der Waals surface area contributed by atoms with Crippen molar-refractivity contribution < 1.29 is 4.84 Å². The summed E-state index contributed by atoms with van der Waals surface area (Å²) in [4.78, 5) is 4.40. The predicted octanol–water partition coefficient (Wildman–Crippen LogP) is 2.69. The maximum atomic E-state index is 4.40. The van der Waals surface area contributed by atoms with E-state index in [2.05, 4.69) is 53.3 Å². The van der Waals surface area contributed by atoms with Gasteiger partial charge in [-0.3, -0.25) is 0 Å². The highest BCUT2D eigenvalue weighted by atomic mass is 16.6. The van der Waals surface area contributed by atoms with Gasteiger partial charge in [0.15, 0.2) is 0 Å². The van der Waals surface area contributed by atoms with Crippen molar-refractivity contribution in [1.29, 1.82) is 0 Å². The third-order valence-corrected chi connectivity index (χ3v) is 1.82. The molecular formula is C10H14N2O. The van der Waals surface area contributed by atoms with Crippen molar-refractivity contribution in [2.45, 2.75) is 13.8 Å². The summed E-state index contributed by atoms with van der Waals surface area (Å²) < 4.78 is 0. The van der Waals surface area contributed by atoms with Crippen molar-refractivity contribution in [2.75, 3.05) is 13.2 Å². The molecule has 2 rings (SSSR count). The highest BCUT2D eigenvalue weighted by molar-refractivity contribution is 5.23. The van der Waals surface area contributed by atoms with Crippen LogP contribution in [0.4, 0.5) is 0 Å². The molecule has 0 aliphatic carbocycles. The maximum absolute atomic E-state index is 4.40. The van der Waals surface area contributed by atoms with E-state index in [4.69, 9.17) is 0 Å². The molecule has 0 aromatic heterocycles. The van der Waals surface area contributed by atoms with E-state index in [9.17, 15) is 0 Å². The fourth-order valence-corrected chi connectivity index (χ4v) is 0.867. The predicted molar refractivity (Wildman–Crippen MR) is 51.6 cm³/mol. The highest BCUT2D eigenvalue weighted by Crippen LogP contribution is 2.02. The molecule has 1 aromatic carbocycles. The molecule has 1 aliphatic heterocycles. The zero-order valence-electron chi connectivity index (χ0n) is 8.03. The van der Waals surface area contributed by atoms with E-state index in [-0.39, 0.29) is 0 Å². The number of benzene rings is 1. The van der Waals surface area contributed by atoms with Gasteiger partial charge in [-0.1, -0.05) is 24.3 Å². The van der Waals surface area contributed by atoms with Gasteiger partial charge in [0, 0.05) is 5.28 Å². The Kier molecular flexibility index (Phi) is 3.96. The molecule has 3 nitrogen and oxygen atoms in total. The first-order chi connectivity index (χ1) is 6.30. The molecule has 3 heteroatoms. The summed E-state index contributed by atoms with van der Waals surface area (Å²) in [7, 11) is 0. The average molecular weight is 178 g/mol. The van der Waals surface area contributed by atoms with Crippen LogP contribution in [0.3, 0.4) is 0 Å². The fraction of sp³-hybridized carbons (Fsp3) is 0.400. The Morgan fingerprint density at radius 2 is 1.77 bits per heavy atom. The summed E-state index contributed by atoms with van der Waals surface area (Å²) in [5.74, 6) is 0. The van der Waals surface area contributed by atoms with Crippen molar-refractivity contribution in [2.24, 2.45) is 10.4 Å². The van der Waals surface area contributed by atoms with Gasteiger partial charge in [0.05, 0.1) is 0 Å². The largest absolute Gasteiger partial charge is 0.378 e. The molecule has 0 fully saturated rings. The Morgan fingerprint density at radius 3 is 2.00 bits per heavy atom. The van der Waals surface area contributed by atoms with Gasteiger partial charge in [-0.15, -0.1) is 0 Å². The average Bonchev–Trinajstić information content (AvgIpc) is 2.68. The van der Waals surface area contributed by atoms with Crippen molar-refractivity contribution in [3.05, 3.63) is 35.4 Å². The second kappa shape index (κ2) is 5.30. The quantitative estimate of drug-likeness (QED) is 0.601. The van der Waals surface area contributed by atoms with Crippen LogP contribution in [0.1, 0.15) is 11.1 Å². The monoisotopic (exact) mass is 178 g/mol. The van der Waals surface area contributed by atoms with Crippen molar-refractivity contribution in [3.8, 4) is 0 Å². The Balaban J connectivity index is 0.000000145. The Morgan fingerprint density at radius 1 is 1.15 bits per heavy atom. The second-order valence-electron chi connectivity index (χ2n) is 2.86. The van der Waals surface area contributed by atoms with Crippen LogP contribution >= 0.6 is 0 Å². The molecule has 1 aromatic rings. The Labute approximate surface area is 78.4 Å². The van der Waals surface area contributed by atoms with Crippen LogP contribution in [0.25, 0.3) is 0 Å². The number of nitrogens with zero attached hydrogens (tertiary/aromatic N) is 2. The summed E-state index contributed by atoms with van der Waals surface area (Å²) in [6.07, 6.45) is 0. The summed E-state index contributed by atoms with van der Waals surface area (Å²) in [5.41, 5.74) is 2.74. The maximum Gasteiger partial charge on any atom is 0.140 e. The molecule has 0 bridgehead atoms. The third kappa shape index (κ3) is 3.69. The second-order valence-corrected chi connectivity index (χ2v) is 2.86. The standard InChI is InChI=1S/C8H10.C2H4N2O/c1-7-5-3-4-6-8(7)2;1-2-5-4-3-1/h3-6H,1-2H3;1-2H2. The van der Waals surface area contributed by atoms with Crippen LogP contribution in [-0.2, 0) is 4.84 Å². The van der Waals surface area contributed by atoms with Crippen LogP contribution in [-0.4, -0.2) is 13.2 Å². The van der Waals surface area contributed by atoms with E-state index in [0.29, 0.717) is 6.61 Å². The van der Waals surface area contributed by atoms with E-state index in [1.54, 1.807) is 0 Å². The smallest absolute Gasteiger partial charge is 0.140 e. The van der Waals surface area contributed by atoms with E-state index in [1.807, 2.05) is 0 Å². The SMILES string of the molecule is C1CON=N1.Cc1ccccc1C. The number of aryl methyl sites for hydroxylation is 2. The fourth-order valence-electron chi connectivity index (χ4n) is 0.867. The number of rotatable bonds is 0. The summed E-state index contributed by atoms with van der Waals surface area (Å²) in [6, 6.07) is 8.36. The molecule has 1 heterocycles. The Bertz CT molecular complexity index is 257. The van der Waals surface area contributed by atoms with Crippen LogP contribution in [0.15, 0.2) is 34.7 Å². The zero-order valence-corrected chi connectivity index (χ0v) is 8.03. The molecule has 0 unspecified atom stereocenters. The minimum absolute atomic E-state index is 0.667. The van der Waals surface area contributed by atoms with E-state index >= 15 is 0 Å². The third-order valence-electron chi connectivity index (χ3n) is 1.82. The molecule has 70 valence electrons. The lowest BCUT2D eigenvalue weighted by Gasteiger charge is -1.93. The van der Waals surface area contributed by atoms with Gasteiger partial charge in [-0.05, 0) is 25.0 Å². The van der Waals surface area contributed by atoms with Crippen LogP contribution in [0.5, 0.6) is 0 Å². The molecule has 0 N–H and O–H groups in total. The van der Waals surface area contributed by atoms with Gasteiger partial charge in [0.1, 0.15) is 13.2 Å². The molecule has 13 heavy (non-hydrogen) atoms. The lowest BCUT2D eigenvalue weighted by atomic mass is 10.1. The topological polar surface area (TPSA) is 34.0 Å². The van der Waals surface area contributed by atoms with Gasteiger partial charge in [0.2, 0.25) is 0 Å². The number of hydrogen-bond acceptors (Lipinski definition) is 3. The first-order valence-corrected chi connectivity index (χ1v) is 4.31. The molecule has 0 radical (unpaired) electrons. The van der Waals surface area contributed by atoms with Crippen LogP contribution < -0.4 is 0 Å². The van der Waals surface area contributed by atoms with Gasteiger partial charge in [-0.25, -0.2) is 0 Å². The molecule has 0 spiro atoms. The minimum Gasteiger partial charge on any atom is -0.378 e. The molecule has 0 amide bonds. The summed E-state index contributed by atoms with van der Waals surface area (Å²) in [5, 5.41) is 6.69. The molecule has 0 saturated heterocycles. The van der Waals surface area contributed by atoms with Crippen molar-refractivity contribution >= 4 is 0 Å². The van der Waals surface area contributed by atoms with Crippen LogP contribution in [0.2, 0.25) is 0 Å². The molecular weight excluding hydrogens is 164 g/mol. The zero-order chi connectivity index (χ0) is 9.52. The van der Waals surface area contributed by atoms with E-state index < -0.39 is 0 Å². The van der Waals surface area contributed by atoms with Crippen LogP contribution in [0, 0.1) is 13.8 Å². The molecule has 0 atom stereocenters. The van der Waals surface area contributed by atoms with Gasteiger partial charge >= 0.3 is 0 Å². The normalized spacial score (nSPS) is 13.1. The van der Waals surface area contributed by atoms with E-state index in [1.165, 1.54) is 11.1 Å². The van der Waals surface area contributed by atoms with Crippen molar-refractivity contribution in [3.63, 3.8) is 0 Å². The van der Waals surface area contributed by atoms with Gasteiger partial charge < -0.3 is 4.84 Å². The molecule has 1 aliphatic rings. The molecule has 0 saturated carbocycles. The van der Waals surface area contributed by atoms with Gasteiger partial charge in [0.25, 0.3) is 0 Å². The summed E-state index contributed by atoms with van der Waals surface area (Å²) in [6.45, 7) is 5.64. The lowest BCUT2D eigenvalue weighted by molar-refractivity contribution is 0.174. The minimum atomic E-state index is 0.667.